The summed E-state index contributed by atoms with van der Waals surface area (Å²) in [5, 5.41) is 2.00. The summed E-state index contributed by atoms with van der Waals surface area (Å²) < 4.78 is 1.70. The van der Waals surface area contributed by atoms with E-state index in [1.165, 1.54) is 22.5 Å². The second-order valence-corrected chi connectivity index (χ2v) is 7.69. The zero-order valence-electron chi connectivity index (χ0n) is 15.4. The third-order valence-corrected chi connectivity index (χ3v) is 5.36. The maximum absolute atomic E-state index is 12.7. The molecule has 0 N–H and O–H groups in total. The Hall–Kier alpha value is -2.76. The van der Waals surface area contributed by atoms with E-state index in [1.54, 1.807) is 10.5 Å². The van der Waals surface area contributed by atoms with Gasteiger partial charge in [0.05, 0.1) is 11.4 Å². The van der Waals surface area contributed by atoms with Crippen LogP contribution in [0.4, 0.5) is 0 Å². The molecule has 4 aromatic rings. The minimum atomic E-state index is -0.0289. The molecule has 2 aromatic carbocycles. The Morgan fingerprint density at radius 2 is 1.78 bits per heavy atom. The van der Waals surface area contributed by atoms with Crippen molar-refractivity contribution in [3.05, 3.63) is 93.2 Å². The van der Waals surface area contributed by atoms with Crippen LogP contribution in [-0.4, -0.2) is 21.3 Å². The molecule has 0 aliphatic heterocycles. The van der Waals surface area contributed by atoms with Gasteiger partial charge in [0, 0.05) is 24.5 Å². The van der Waals surface area contributed by atoms with E-state index < -0.39 is 0 Å². The van der Waals surface area contributed by atoms with Gasteiger partial charge in [-0.25, -0.2) is 4.98 Å². The highest BCUT2D eigenvalue weighted by atomic mass is 32.1. The van der Waals surface area contributed by atoms with Crippen LogP contribution in [0.25, 0.3) is 16.2 Å². The molecule has 0 spiro atoms. The summed E-state index contributed by atoms with van der Waals surface area (Å²) in [5.74, 6) is 0. The van der Waals surface area contributed by atoms with E-state index in [1.807, 2.05) is 42.8 Å². The number of hydrogen-bond donors (Lipinski definition) is 0. The van der Waals surface area contributed by atoms with E-state index >= 15 is 0 Å². The van der Waals surface area contributed by atoms with Gasteiger partial charge in [-0.15, -0.1) is 11.3 Å². The molecule has 5 heteroatoms. The average Bonchev–Trinajstić information content (AvgIpc) is 3.09. The van der Waals surface area contributed by atoms with Crippen LogP contribution in [0.1, 0.15) is 16.8 Å². The number of thiazole rings is 1. The van der Waals surface area contributed by atoms with Gasteiger partial charge in [-0.05, 0) is 25.1 Å². The van der Waals surface area contributed by atoms with E-state index in [0.717, 1.165) is 28.5 Å². The van der Waals surface area contributed by atoms with Gasteiger partial charge in [-0.3, -0.25) is 14.1 Å². The van der Waals surface area contributed by atoms with Gasteiger partial charge in [-0.1, -0.05) is 60.2 Å². The van der Waals surface area contributed by atoms with Crippen molar-refractivity contribution in [2.75, 3.05) is 7.05 Å². The fraction of sp³-hybridized carbons (Fsp3) is 0.182. The summed E-state index contributed by atoms with van der Waals surface area (Å²) >= 11 is 1.50. The maximum atomic E-state index is 12.7. The zero-order valence-corrected chi connectivity index (χ0v) is 16.2. The van der Waals surface area contributed by atoms with Gasteiger partial charge in [-0.2, -0.15) is 0 Å². The molecule has 0 radical (unpaired) electrons. The lowest BCUT2D eigenvalue weighted by molar-refractivity contribution is 0.315. The third-order valence-electron chi connectivity index (χ3n) is 4.53. The molecule has 0 aliphatic rings. The molecule has 0 atom stereocenters. The van der Waals surface area contributed by atoms with Crippen LogP contribution in [0.3, 0.4) is 0 Å². The van der Waals surface area contributed by atoms with Gasteiger partial charge in [0.2, 0.25) is 0 Å². The maximum Gasteiger partial charge on any atom is 0.259 e. The number of rotatable bonds is 5. The summed E-state index contributed by atoms with van der Waals surface area (Å²) in [6, 6.07) is 20.1. The molecule has 136 valence electrons. The topological polar surface area (TPSA) is 37.6 Å². The van der Waals surface area contributed by atoms with Crippen LogP contribution in [-0.2, 0) is 13.1 Å². The van der Waals surface area contributed by atoms with Crippen molar-refractivity contribution < 1.29 is 0 Å². The smallest absolute Gasteiger partial charge is 0.259 e. The Kier molecular flexibility index (Phi) is 4.88. The van der Waals surface area contributed by atoms with Crippen LogP contribution >= 0.6 is 11.3 Å². The predicted octanol–water partition coefficient (Wildman–Crippen LogP) is 4.36. The van der Waals surface area contributed by atoms with Crippen molar-refractivity contribution >= 4 is 16.3 Å². The molecule has 0 aliphatic carbocycles. The van der Waals surface area contributed by atoms with Gasteiger partial charge in [0.1, 0.15) is 0 Å². The minimum Gasteiger partial charge on any atom is -0.296 e. The van der Waals surface area contributed by atoms with E-state index in [-0.39, 0.29) is 5.56 Å². The van der Waals surface area contributed by atoms with Crippen molar-refractivity contribution in [2.45, 2.75) is 20.0 Å². The summed E-state index contributed by atoms with van der Waals surface area (Å²) in [7, 11) is 2.05. The first-order valence-electron chi connectivity index (χ1n) is 8.90. The SMILES string of the molecule is Cc1ccc(CN(C)Cc2cc(=O)n3c(-c4ccccc4)csc3n2)cc1. The lowest BCUT2D eigenvalue weighted by Gasteiger charge is -2.16. The van der Waals surface area contributed by atoms with Crippen molar-refractivity contribution in [1.29, 1.82) is 0 Å². The van der Waals surface area contributed by atoms with Crippen molar-refractivity contribution in [3.63, 3.8) is 0 Å². The predicted molar refractivity (Wildman–Crippen MR) is 111 cm³/mol. The van der Waals surface area contributed by atoms with Gasteiger partial charge < -0.3 is 0 Å². The first kappa shape index (κ1) is 17.6. The second kappa shape index (κ2) is 7.47. The lowest BCUT2D eigenvalue weighted by atomic mass is 10.1. The van der Waals surface area contributed by atoms with Crippen LogP contribution in [0.2, 0.25) is 0 Å². The highest BCUT2D eigenvalue weighted by Gasteiger charge is 2.12. The fourth-order valence-electron chi connectivity index (χ4n) is 3.19. The zero-order chi connectivity index (χ0) is 18.8. The molecule has 0 amide bonds. The molecule has 0 saturated heterocycles. The van der Waals surface area contributed by atoms with Crippen LogP contribution < -0.4 is 5.56 Å². The number of benzene rings is 2. The molecule has 0 unspecified atom stereocenters. The van der Waals surface area contributed by atoms with E-state index in [4.69, 9.17) is 4.98 Å². The van der Waals surface area contributed by atoms with Crippen LogP contribution in [0, 0.1) is 6.92 Å². The Morgan fingerprint density at radius 1 is 1.04 bits per heavy atom. The Bertz CT molecular complexity index is 1110. The molecule has 0 bridgehead atoms. The minimum absolute atomic E-state index is 0.0289. The lowest BCUT2D eigenvalue weighted by Crippen LogP contribution is -2.21. The van der Waals surface area contributed by atoms with Crippen LogP contribution in [0.5, 0.6) is 0 Å². The molecule has 4 nitrogen and oxygen atoms in total. The number of nitrogens with zero attached hydrogens (tertiary/aromatic N) is 3. The number of fused-ring (bicyclic) bond motifs is 1. The van der Waals surface area contributed by atoms with Gasteiger partial charge >= 0.3 is 0 Å². The highest BCUT2D eigenvalue weighted by molar-refractivity contribution is 7.15. The van der Waals surface area contributed by atoms with Crippen molar-refractivity contribution in [3.8, 4) is 11.3 Å². The number of aryl methyl sites for hydroxylation is 1. The standard InChI is InChI=1S/C22H21N3OS/c1-16-8-10-17(11-9-16)13-24(2)14-19-12-21(26)25-20(15-27-22(25)23-19)18-6-4-3-5-7-18/h3-12,15H,13-14H2,1-2H3. The number of aromatic nitrogens is 2. The van der Waals surface area contributed by atoms with E-state index in [9.17, 15) is 4.79 Å². The monoisotopic (exact) mass is 375 g/mol. The average molecular weight is 375 g/mol. The molecule has 0 saturated carbocycles. The molecule has 4 rings (SSSR count). The molecule has 27 heavy (non-hydrogen) atoms. The molecule has 2 heterocycles. The van der Waals surface area contributed by atoms with E-state index in [0.29, 0.717) is 6.54 Å². The van der Waals surface area contributed by atoms with Crippen LogP contribution in [0.15, 0.2) is 70.8 Å². The van der Waals surface area contributed by atoms with Gasteiger partial charge in [0.15, 0.2) is 4.96 Å². The van der Waals surface area contributed by atoms with Gasteiger partial charge in [0.25, 0.3) is 5.56 Å². The molecular formula is C22H21N3OS. The number of hydrogen-bond acceptors (Lipinski definition) is 4. The largest absolute Gasteiger partial charge is 0.296 e. The Labute approximate surface area is 162 Å². The fourth-order valence-corrected chi connectivity index (χ4v) is 4.12. The summed E-state index contributed by atoms with van der Waals surface area (Å²) in [5.41, 5.74) is 5.20. The quantitative estimate of drug-likeness (QED) is 0.520. The summed E-state index contributed by atoms with van der Waals surface area (Å²) in [6.07, 6.45) is 0. The Morgan fingerprint density at radius 3 is 2.52 bits per heavy atom. The first-order chi connectivity index (χ1) is 13.1. The second-order valence-electron chi connectivity index (χ2n) is 6.85. The third kappa shape index (κ3) is 3.84. The normalized spacial score (nSPS) is 11.4. The summed E-state index contributed by atoms with van der Waals surface area (Å²) in [4.78, 5) is 20.4. The molecule has 0 fully saturated rings. The highest BCUT2D eigenvalue weighted by Crippen LogP contribution is 2.23. The van der Waals surface area contributed by atoms with Crippen molar-refractivity contribution in [2.24, 2.45) is 0 Å². The van der Waals surface area contributed by atoms with Crippen molar-refractivity contribution in [1.82, 2.24) is 14.3 Å². The molecule has 2 aromatic heterocycles. The van der Waals surface area contributed by atoms with E-state index in [2.05, 4.69) is 36.1 Å². The Balaban J connectivity index is 1.58. The summed E-state index contributed by atoms with van der Waals surface area (Å²) in [6.45, 7) is 3.55. The first-order valence-corrected chi connectivity index (χ1v) is 9.78. The molecular weight excluding hydrogens is 354 g/mol.